The Hall–Kier alpha value is -4.36. The molecule has 0 saturated heterocycles. The molecule has 0 spiro atoms. The molecule has 0 atom stereocenters. The van der Waals surface area contributed by atoms with E-state index in [4.69, 9.17) is 25.0 Å². The van der Waals surface area contributed by atoms with Gasteiger partial charge in [0.1, 0.15) is 11.2 Å². The van der Waals surface area contributed by atoms with E-state index in [1.54, 1.807) is 30.3 Å². The molecule has 7 rings (SSSR count). The summed E-state index contributed by atoms with van der Waals surface area (Å²) in [5.41, 5.74) is -0.967. The average Bonchev–Trinajstić information content (AvgIpc) is 3.48. The first-order valence-electron chi connectivity index (χ1n) is 17.6. The predicted octanol–water partition coefficient (Wildman–Crippen LogP) is 9.23. The lowest BCUT2D eigenvalue weighted by Crippen LogP contribution is -1.90. The highest BCUT2D eigenvalue weighted by atomic mass is 16.3. The molecule has 154 valence electrons. The molecule has 0 N–H and O–H groups in total. The van der Waals surface area contributed by atoms with Crippen LogP contribution in [0.2, 0.25) is 0 Å². The minimum Gasteiger partial charge on any atom is -0.455 e. The Labute approximate surface area is 212 Å². The Kier molecular flexibility index (Phi) is 1.90. The quantitative estimate of drug-likeness (QED) is 0.247. The second-order valence-corrected chi connectivity index (χ2v) is 7.38. The van der Waals surface area contributed by atoms with Crippen LogP contribution < -0.4 is 0 Å². The van der Waals surface area contributed by atoms with Crippen molar-refractivity contribution >= 4 is 43.5 Å². The maximum Gasteiger partial charge on any atom is 0.143 e. The Bertz CT molecular complexity index is 2530. The van der Waals surface area contributed by atoms with Crippen molar-refractivity contribution in [1.29, 1.82) is 0 Å². The van der Waals surface area contributed by atoms with Crippen LogP contribution in [0.3, 0.4) is 0 Å². The summed E-state index contributed by atoms with van der Waals surface area (Å²) in [5.74, 6) is 0. The van der Waals surface area contributed by atoms with Crippen molar-refractivity contribution in [2.75, 3.05) is 0 Å². The molecule has 0 bridgehead atoms. The van der Waals surface area contributed by atoms with Crippen LogP contribution in [-0.2, 0) is 0 Å². The maximum absolute atomic E-state index is 9.11. The van der Waals surface area contributed by atoms with Crippen molar-refractivity contribution in [3.05, 3.63) is 121 Å². The highest BCUT2D eigenvalue weighted by Crippen LogP contribution is 2.46. The molecule has 0 radical (unpaired) electrons. The number of fused-ring (bicyclic) bond motifs is 5. The van der Waals surface area contributed by atoms with Gasteiger partial charge in [0.25, 0.3) is 0 Å². The second-order valence-electron chi connectivity index (χ2n) is 7.38. The number of benzene rings is 6. The lowest BCUT2D eigenvalue weighted by molar-refractivity contribution is 0.670. The highest BCUT2D eigenvalue weighted by Gasteiger charge is 2.19. The van der Waals surface area contributed by atoms with E-state index in [1.165, 1.54) is 0 Å². The van der Waals surface area contributed by atoms with Crippen LogP contribution >= 0.6 is 0 Å². The third kappa shape index (κ3) is 2.66. The van der Waals surface area contributed by atoms with Gasteiger partial charge in [-0.15, -0.1) is 0 Å². The van der Waals surface area contributed by atoms with Gasteiger partial charge in [0.15, 0.2) is 0 Å². The van der Waals surface area contributed by atoms with E-state index in [2.05, 4.69) is 0 Å². The summed E-state index contributed by atoms with van der Waals surface area (Å²) < 4.78 is 137. The summed E-state index contributed by atoms with van der Waals surface area (Å²) in [6.45, 7) is 0. The molecule has 1 heteroatoms. The van der Waals surface area contributed by atoms with E-state index in [-0.39, 0.29) is 60.2 Å². The van der Waals surface area contributed by atoms with Gasteiger partial charge in [-0.1, -0.05) is 115 Å². The van der Waals surface area contributed by atoms with Gasteiger partial charge in [-0.3, -0.25) is 0 Å². The van der Waals surface area contributed by atoms with Gasteiger partial charge in [-0.25, -0.2) is 0 Å². The normalized spacial score (nSPS) is 18.0. The molecule has 1 aromatic heterocycles. The van der Waals surface area contributed by atoms with E-state index >= 15 is 0 Å². The molecule has 0 aliphatic carbocycles. The first kappa shape index (κ1) is 8.88. The van der Waals surface area contributed by atoms with Gasteiger partial charge >= 0.3 is 0 Å². The van der Waals surface area contributed by atoms with Crippen molar-refractivity contribution in [2.45, 2.75) is 0 Å². The summed E-state index contributed by atoms with van der Waals surface area (Å²) in [6, 6.07) is -1.01. The average molecular weight is 436 g/mol. The van der Waals surface area contributed by atoms with Crippen LogP contribution in [0.15, 0.2) is 125 Å². The van der Waals surface area contributed by atoms with E-state index in [0.29, 0.717) is 5.56 Å². The highest BCUT2D eigenvalue weighted by molar-refractivity contribution is 6.24. The Morgan fingerprint density at radius 1 is 0.485 bits per heavy atom. The SMILES string of the molecule is [2H]c1c([2H])c([2H])c2c(oc3c(-c4c5c([2H])c([2H])c([2H])c([2H])c5c(-c5ccccc5)c5c([2H])c([2H])c([2H])c([2H])c45)c([2H])c([2H])c([2H])c32)c1[2H]. The van der Waals surface area contributed by atoms with Crippen LogP contribution in [0.5, 0.6) is 0 Å². The van der Waals surface area contributed by atoms with Crippen molar-refractivity contribution < 1.29 is 25.0 Å². The third-order valence-electron chi connectivity index (χ3n) is 5.62. The topological polar surface area (TPSA) is 13.1 Å². The van der Waals surface area contributed by atoms with E-state index < -0.39 is 90.6 Å². The molecule has 0 aliphatic heterocycles. The monoisotopic (exact) mass is 435 g/mol. The summed E-state index contributed by atoms with van der Waals surface area (Å²) >= 11 is 0. The third-order valence-corrected chi connectivity index (χ3v) is 5.62. The minimum atomic E-state index is -0.706. The maximum atomic E-state index is 9.11. The largest absolute Gasteiger partial charge is 0.455 e. The molecule has 1 nitrogen and oxygen atoms in total. The van der Waals surface area contributed by atoms with Gasteiger partial charge in [-0.2, -0.15) is 0 Å². The molecule has 0 amide bonds. The molecule has 7 aromatic rings. The van der Waals surface area contributed by atoms with Crippen molar-refractivity contribution in [3.8, 4) is 22.3 Å². The van der Waals surface area contributed by atoms with Crippen molar-refractivity contribution in [2.24, 2.45) is 0 Å². The summed E-state index contributed by atoms with van der Waals surface area (Å²) in [4.78, 5) is 0. The van der Waals surface area contributed by atoms with E-state index in [9.17, 15) is 0 Å². The minimum absolute atomic E-state index is 0.0820. The number of furan rings is 1. The first-order valence-corrected chi connectivity index (χ1v) is 10.1. The Balaban J connectivity index is 1.92. The van der Waals surface area contributed by atoms with Gasteiger partial charge in [0, 0.05) is 21.9 Å². The van der Waals surface area contributed by atoms with Gasteiger partial charge < -0.3 is 4.42 Å². The molecule has 0 aliphatic rings. The summed E-state index contributed by atoms with van der Waals surface area (Å²) in [6.07, 6.45) is 0. The second kappa shape index (κ2) is 7.08. The molecule has 6 aromatic carbocycles. The van der Waals surface area contributed by atoms with Gasteiger partial charge in [0.2, 0.25) is 0 Å². The van der Waals surface area contributed by atoms with Crippen LogP contribution in [0.1, 0.15) is 20.6 Å². The molecule has 1 heterocycles. The Morgan fingerprint density at radius 3 is 1.70 bits per heavy atom. The van der Waals surface area contributed by atoms with Crippen LogP contribution in [-0.4, -0.2) is 0 Å². The summed E-state index contributed by atoms with van der Waals surface area (Å²) in [7, 11) is 0. The van der Waals surface area contributed by atoms with Gasteiger partial charge in [0.05, 0.1) is 20.6 Å². The van der Waals surface area contributed by atoms with E-state index in [0.717, 1.165) is 0 Å². The van der Waals surface area contributed by atoms with Crippen molar-refractivity contribution in [3.63, 3.8) is 0 Å². The Morgan fingerprint density at radius 2 is 1.03 bits per heavy atom. The molecule has 0 saturated carbocycles. The van der Waals surface area contributed by atoms with Crippen molar-refractivity contribution in [1.82, 2.24) is 0 Å². The lowest BCUT2D eigenvalue weighted by Gasteiger charge is -2.17. The van der Waals surface area contributed by atoms with Gasteiger partial charge in [-0.05, 0) is 38.7 Å². The number of para-hydroxylation sites is 2. The predicted molar refractivity (Wildman–Crippen MR) is 140 cm³/mol. The number of rotatable bonds is 2. The molecule has 33 heavy (non-hydrogen) atoms. The van der Waals surface area contributed by atoms with Crippen LogP contribution in [0, 0.1) is 0 Å². The molecule has 0 fully saturated rings. The smallest absolute Gasteiger partial charge is 0.143 e. The van der Waals surface area contributed by atoms with E-state index in [1.807, 2.05) is 0 Å². The number of hydrogen-bond donors (Lipinski definition) is 0. The standard InChI is InChI=1S/C32H20O/c1-2-11-21(12-3-1)30-23-14-4-6-16-25(23)31(26-17-7-5-15-24(26)30)28-19-10-18-27-22-13-8-9-20-29(22)33-32(27)28/h1-20H/i4D,5D,6D,7D,8D,9D,10D,13D,14D,15D,16D,17D,18D,19D,20D. The molecular formula is C32H20O. The fraction of sp³-hybridized carbons (Fsp3) is 0. The molecule has 0 unspecified atom stereocenters. The first-order chi connectivity index (χ1) is 22.6. The number of hydrogen-bond acceptors (Lipinski definition) is 1. The zero-order valence-electron chi connectivity index (χ0n) is 31.8. The van der Waals surface area contributed by atoms with Crippen LogP contribution in [0.25, 0.3) is 65.7 Å². The summed E-state index contributed by atoms with van der Waals surface area (Å²) in [5, 5.41) is -1.26. The zero-order valence-corrected chi connectivity index (χ0v) is 16.8. The van der Waals surface area contributed by atoms with Crippen LogP contribution in [0.4, 0.5) is 0 Å². The fourth-order valence-corrected chi connectivity index (χ4v) is 4.27. The molecular weight excluding hydrogens is 400 g/mol. The lowest BCUT2D eigenvalue weighted by atomic mass is 9.85. The zero-order chi connectivity index (χ0) is 34.8. The fourth-order valence-electron chi connectivity index (χ4n) is 4.27.